The van der Waals surface area contributed by atoms with Crippen molar-refractivity contribution in [1.82, 2.24) is 20.4 Å². The molecular weight excluding hydrogens is 378 g/mol. The summed E-state index contributed by atoms with van der Waals surface area (Å²) < 4.78 is 0. The Bertz CT molecular complexity index is 682. The fraction of sp³-hybridized carbons (Fsp3) is 0.783. The molecule has 3 fully saturated rings. The van der Waals surface area contributed by atoms with Crippen molar-refractivity contribution in [2.24, 2.45) is 34.6 Å². The molecule has 3 aliphatic carbocycles. The number of nitrogens with zero attached hydrogens (tertiary/aromatic N) is 3. The number of aliphatic imine (C=N–C) groups is 1. The highest BCUT2D eigenvalue weighted by atomic mass is 16.2. The number of allylic oxidation sites excluding steroid dienone is 2. The number of rotatable bonds is 7. The van der Waals surface area contributed by atoms with E-state index in [1.165, 1.54) is 37.0 Å². The van der Waals surface area contributed by atoms with E-state index < -0.39 is 0 Å². The summed E-state index contributed by atoms with van der Waals surface area (Å²) in [6.45, 7) is 1.78. The van der Waals surface area contributed by atoms with Crippen molar-refractivity contribution in [3.63, 3.8) is 0 Å². The Kier molecular flexibility index (Phi) is 6.46. The van der Waals surface area contributed by atoms with Gasteiger partial charge >= 0.3 is 0 Å². The van der Waals surface area contributed by atoms with Crippen molar-refractivity contribution in [1.29, 1.82) is 0 Å². The van der Waals surface area contributed by atoms with Crippen LogP contribution in [0.4, 0.5) is 0 Å². The van der Waals surface area contributed by atoms with Crippen LogP contribution < -0.4 is 10.6 Å². The van der Waals surface area contributed by atoms with Gasteiger partial charge in [-0.25, -0.2) is 0 Å². The van der Waals surface area contributed by atoms with Gasteiger partial charge in [-0.3, -0.25) is 19.5 Å². The second kappa shape index (κ2) is 9.08. The summed E-state index contributed by atoms with van der Waals surface area (Å²) in [6.07, 6.45) is 11.9. The summed E-state index contributed by atoms with van der Waals surface area (Å²) in [6, 6.07) is 0.480. The molecule has 2 amide bonds. The van der Waals surface area contributed by atoms with Crippen molar-refractivity contribution in [3.05, 3.63) is 12.2 Å². The quantitative estimate of drug-likeness (QED) is 0.285. The number of guanidine groups is 1. The lowest BCUT2D eigenvalue weighted by molar-refractivity contribution is -0.140. The monoisotopic (exact) mass is 415 g/mol. The molecule has 5 atom stereocenters. The number of likely N-dealkylation sites (N-methyl/N-ethyl adjacent to an activating group) is 1. The second-order valence-corrected chi connectivity index (χ2v) is 9.64. The fourth-order valence-corrected chi connectivity index (χ4v) is 6.18. The van der Waals surface area contributed by atoms with Crippen LogP contribution in [0.5, 0.6) is 0 Å². The molecular formula is C23H37N5O2. The molecule has 0 aromatic heterocycles. The number of imide groups is 1. The highest BCUT2D eigenvalue weighted by molar-refractivity contribution is 6.06. The summed E-state index contributed by atoms with van der Waals surface area (Å²) in [5.41, 5.74) is 0. The van der Waals surface area contributed by atoms with Gasteiger partial charge in [0.2, 0.25) is 11.8 Å². The van der Waals surface area contributed by atoms with Gasteiger partial charge in [-0.15, -0.1) is 0 Å². The lowest BCUT2D eigenvalue weighted by atomic mass is 9.83. The molecule has 166 valence electrons. The molecule has 1 aliphatic heterocycles. The Morgan fingerprint density at radius 3 is 2.30 bits per heavy atom. The average molecular weight is 416 g/mol. The van der Waals surface area contributed by atoms with E-state index in [0.717, 1.165) is 24.8 Å². The summed E-state index contributed by atoms with van der Waals surface area (Å²) in [5.74, 6) is 1.83. The fourth-order valence-electron chi connectivity index (χ4n) is 6.18. The number of carbonyl (C=O) groups is 2. The lowest BCUT2D eigenvalue weighted by Gasteiger charge is -2.35. The summed E-state index contributed by atoms with van der Waals surface area (Å²) in [7, 11) is 6.07. The Labute approximate surface area is 180 Å². The van der Waals surface area contributed by atoms with E-state index in [4.69, 9.17) is 0 Å². The molecule has 2 N–H and O–H groups in total. The normalized spacial score (nSPS) is 32.3. The zero-order chi connectivity index (χ0) is 21.3. The molecule has 7 nitrogen and oxygen atoms in total. The van der Waals surface area contributed by atoms with Gasteiger partial charge in [-0.2, -0.15) is 0 Å². The van der Waals surface area contributed by atoms with Gasteiger partial charge < -0.3 is 15.5 Å². The number of nitrogens with one attached hydrogen (secondary N) is 2. The molecule has 0 aromatic carbocycles. The van der Waals surface area contributed by atoms with E-state index in [1.54, 1.807) is 7.05 Å². The van der Waals surface area contributed by atoms with Crippen LogP contribution in [0, 0.1) is 29.6 Å². The lowest BCUT2D eigenvalue weighted by Crippen LogP contribution is -2.49. The first-order valence-electron chi connectivity index (χ1n) is 11.7. The zero-order valence-corrected chi connectivity index (χ0v) is 18.6. The van der Waals surface area contributed by atoms with Crippen LogP contribution in [-0.2, 0) is 9.59 Å². The van der Waals surface area contributed by atoms with Gasteiger partial charge in [0.1, 0.15) is 0 Å². The van der Waals surface area contributed by atoms with E-state index in [2.05, 4.69) is 46.8 Å². The summed E-state index contributed by atoms with van der Waals surface area (Å²) in [5, 5.41) is 6.76. The predicted molar refractivity (Wildman–Crippen MR) is 118 cm³/mol. The SMILES string of the molecule is CN=C(NCCN1C(=O)C2C3C=CC(C3)C2C1=O)NCC(C1CCCCC1)N(C)C. The minimum Gasteiger partial charge on any atom is -0.355 e. The van der Waals surface area contributed by atoms with Gasteiger partial charge in [0.25, 0.3) is 0 Å². The molecule has 2 bridgehead atoms. The number of fused-ring (bicyclic) bond motifs is 5. The highest BCUT2D eigenvalue weighted by Gasteiger charge is 2.58. The van der Waals surface area contributed by atoms with E-state index in [0.29, 0.717) is 19.1 Å². The van der Waals surface area contributed by atoms with Crippen molar-refractivity contribution in [2.75, 3.05) is 40.8 Å². The van der Waals surface area contributed by atoms with E-state index in [9.17, 15) is 9.59 Å². The van der Waals surface area contributed by atoms with E-state index >= 15 is 0 Å². The Morgan fingerprint density at radius 2 is 1.73 bits per heavy atom. The number of hydrogen-bond acceptors (Lipinski definition) is 4. The van der Waals surface area contributed by atoms with Crippen LogP contribution in [0.3, 0.4) is 0 Å². The minimum atomic E-state index is -0.110. The molecule has 7 heteroatoms. The van der Waals surface area contributed by atoms with Gasteiger partial charge in [0, 0.05) is 32.7 Å². The van der Waals surface area contributed by atoms with Crippen LogP contribution in [0.1, 0.15) is 38.5 Å². The molecule has 2 saturated carbocycles. The molecule has 0 spiro atoms. The van der Waals surface area contributed by atoms with Crippen LogP contribution in [0.2, 0.25) is 0 Å². The van der Waals surface area contributed by atoms with Crippen LogP contribution in [-0.4, -0.2) is 74.4 Å². The first-order valence-corrected chi connectivity index (χ1v) is 11.7. The van der Waals surface area contributed by atoms with Gasteiger partial charge in [-0.05, 0) is 51.1 Å². The maximum atomic E-state index is 12.8. The van der Waals surface area contributed by atoms with Gasteiger partial charge in [-0.1, -0.05) is 31.4 Å². The largest absolute Gasteiger partial charge is 0.355 e. The standard InChI is InChI=1S/C23H37N5O2/c1-24-23(26-14-18(27(2)3)15-7-5-4-6-8-15)25-11-12-28-21(29)19-16-9-10-17(13-16)20(19)22(28)30/h9-10,15-20H,4-8,11-14H2,1-3H3,(H2,24,25,26). The smallest absolute Gasteiger partial charge is 0.233 e. The number of hydrogen-bond donors (Lipinski definition) is 2. The van der Waals surface area contributed by atoms with Crippen LogP contribution in [0.25, 0.3) is 0 Å². The maximum absolute atomic E-state index is 12.8. The zero-order valence-electron chi connectivity index (χ0n) is 18.6. The Balaban J connectivity index is 1.25. The molecule has 4 rings (SSSR count). The van der Waals surface area contributed by atoms with Crippen molar-refractivity contribution in [3.8, 4) is 0 Å². The van der Waals surface area contributed by atoms with E-state index in [1.807, 2.05) is 0 Å². The number of amides is 2. The third-order valence-corrected chi connectivity index (χ3v) is 7.75. The predicted octanol–water partition coefficient (Wildman–Crippen LogP) is 1.47. The van der Waals surface area contributed by atoms with Crippen molar-refractivity contribution < 1.29 is 9.59 Å². The molecule has 0 aromatic rings. The second-order valence-electron chi connectivity index (χ2n) is 9.64. The van der Waals surface area contributed by atoms with Crippen LogP contribution >= 0.6 is 0 Å². The first kappa shape index (κ1) is 21.3. The summed E-state index contributed by atoms with van der Waals surface area (Å²) >= 11 is 0. The third-order valence-electron chi connectivity index (χ3n) is 7.75. The molecule has 1 saturated heterocycles. The molecule has 0 radical (unpaired) electrons. The Morgan fingerprint density at radius 1 is 1.10 bits per heavy atom. The number of carbonyl (C=O) groups excluding carboxylic acids is 2. The topological polar surface area (TPSA) is 77.0 Å². The molecule has 5 unspecified atom stereocenters. The molecule has 30 heavy (non-hydrogen) atoms. The highest BCUT2D eigenvalue weighted by Crippen LogP contribution is 2.52. The number of likely N-dealkylation sites (tertiary alicyclic amines) is 1. The first-order chi connectivity index (χ1) is 14.5. The Hall–Kier alpha value is -1.89. The minimum absolute atomic E-state index is 0.0246. The molecule has 1 heterocycles. The van der Waals surface area contributed by atoms with E-state index in [-0.39, 0.29) is 35.5 Å². The molecule has 4 aliphatic rings. The average Bonchev–Trinajstić information content (AvgIpc) is 3.42. The van der Waals surface area contributed by atoms with Crippen LogP contribution in [0.15, 0.2) is 17.1 Å². The van der Waals surface area contributed by atoms with Crippen molar-refractivity contribution >= 4 is 17.8 Å². The maximum Gasteiger partial charge on any atom is 0.233 e. The van der Waals surface area contributed by atoms with Gasteiger partial charge in [0.05, 0.1) is 11.8 Å². The summed E-state index contributed by atoms with van der Waals surface area (Å²) in [4.78, 5) is 33.7. The van der Waals surface area contributed by atoms with Crippen molar-refractivity contribution in [2.45, 2.75) is 44.6 Å². The van der Waals surface area contributed by atoms with Gasteiger partial charge in [0.15, 0.2) is 5.96 Å². The third kappa shape index (κ3) is 4.01.